The molecule has 1 heterocycles. The zero-order valence-electron chi connectivity index (χ0n) is 8.05. The maximum atomic E-state index is 12.1. The fraction of sp³-hybridized carbons (Fsp3) is 0. The molecule has 2 rings (SSSR count). The summed E-state index contributed by atoms with van der Waals surface area (Å²) in [6.07, 6.45) is 3.50. The first-order valence-corrected chi connectivity index (χ1v) is 4.41. The van der Waals surface area contributed by atoms with Crippen molar-refractivity contribution < 1.29 is 9.41 Å². The summed E-state index contributed by atoms with van der Waals surface area (Å²) < 4.78 is 12.1. The average Bonchev–Trinajstić information content (AvgIpc) is 2.33. The van der Waals surface area contributed by atoms with E-state index in [1.165, 1.54) is 24.3 Å². The third-order valence-corrected chi connectivity index (χ3v) is 1.59. The molecule has 0 unspecified atom stereocenters. The Labute approximate surface area is 88.7 Å². The third-order valence-electron chi connectivity index (χ3n) is 1.59. The lowest BCUT2D eigenvalue weighted by Gasteiger charge is -1.90. The molecule has 0 saturated carbocycles. The maximum absolute atomic E-state index is 12.1. The van der Waals surface area contributed by atoms with Crippen LogP contribution in [0.3, 0.4) is 0 Å². The number of aromatic nitrogens is 1. The highest BCUT2D eigenvalue weighted by molar-refractivity contribution is 6.45. The number of nitrogens with zero attached hydrogens (tertiary/aromatic N) is 1. The van der Waals surface area contributed by atoms with Crippen molar-refractivity contribution in [2.75, 3.05) is 0 Å². The summed E-state index contributed by atoms with van der Waals surface area (Å²) in [7, 11) is 0.930. The predicted octanol–water partition coefficient (Wildman–Crippen LogP) is 1.14. The van der Waals surface area contributed by atoms with Crippen molar-refractivity contribution in [3.8, 4) is 0 Å². The van der Waals surface area contributed by atoms with Crippen molar-refractivity contribution >= 4 is 12.9 Å². The topological polar surface area (TPSA) is 33.1 Å². The molecule has 1 aromatic carbocycles. The lowest BCUT2D eigenvalue weighted by molar-refractivity contribution is 0.614. The molecule has 0 amide bonds. The van der Waals surface area contributed by atoms with E-state index in [0.717, 1.165) is 7.48 Å². The first-order valence-electron chi connectivity index (χ1n) is 4.41. The van der Waals surface area contributed by atoms with Crippen molar-refractivity contribution in [2.24, 2.45) is 0 Å². The first kappa shape index (κ1) is 11.4. The number of hydrogen-bond donors (Lipinski definition) is 1. The smallest absolute Gasteiger partial charge is 0.326 e. The molecule has 0 spiro atoms. The largest absolute Gasteiger partial charge is 0.450 e. The van der Waals surface area contributed by atoms with E-state index in [4.69, 9.17) is 5.02 Å². The zero-order chi connectivity index (χ0) is 10.9. The Morgan fingerprint density at radius 3 is 1.93 bits per heavy atom. The summed E-state index contributed by atoms with van der Waals surface area (Å²) in [6, 6.07) is 11.3. The van der Waals surface area contributed by atoms with Gasteiger partial charge in [0.15, 0.2) is 0 Å². The van der Waals surface area contributed by atoms with E-state index in [-0.39, 0.29) is 5.82 Å². The van der Waals surface area contributed by atoms with E-state index in [9.17, 15) is 4.39 Å². The van der Waals surface area contributed by atoms with Crippen LogP contribution < -0.4 is 5.46 Å². The van der Waals surface area contributed by atoms with Gasteiger partial charge in [-0.1, -0.05) is 23.7 Å². The normalized spacial score (nSPS) is 8.67. The van der Waals surface area contributed by atoms with Crippen molar-refractivity contribution in [1.82, 2.24) is 4.98 Å². The molecule has 2 aromatic rings. The molecule has 0 fully saturated rings. The minimum absolute atomic E-state index is 0.291. The molecule has 0 aliphatic heterocycles. The van der Waals surface area contributed by atoms with Gasteiger partial charge in [0, 0.05) is 12.4 Å². The van der Waals surface area contributed by atoms with Gasteiger partial charge in [0.05, 0.1) is 0 Å². The average molecular weight is 202 g/mol. The highest BCUT2D eigenvalue weighted by atomic mass is 19.1. The van der Waals surface area contributed by atoms with Gasteiger partial charge in [-0.3, -0.25) is 4.98 Å². The van der Waals surface area contributed by atoms with E-state index in [2.05, 4.69) is 4.98 Å². The number of rotatable bonds is 1. The van der Waals surface area contributed by atoms with Crippen LogP contribution in [0.2, 0.25) is 0 Å². The van der Waals surface area contributed by atoms with Crippen LogP contribution in [0.5, 0.6) is 0 Å². The van der Waals surface area contributed by atoms with Crippen molar-refractivity contribution in [1.29, 1.82) is 0 Å². The third kappa shape index (κ3) is 4.93. The summed E-state index contributed by atoms with van der Waals surface area (Å²) in [5.41, 5.74) is 0.608. The number of pyridine rings is 1. The Bertz CT molecular complexity index is 339. The molecular weight excluding hydrogens is 192 g/mol. The molecule has 0 saturated heterocycles. The molecule has 1 radical (unpaired) electrons. The second-order valence-electron chi connectivity index (χ2n) is 2.71. The number of benzene rings is 1. The highest BCUT2D eigenvalue weighted by Gasteiger charge is 1.91. The Balaban J connectivity index is 0.000000162. The molecule has 15 heavy (non-hydrogen) atoms. The second-order valence-corrected chi connectivity index (χ2v) is 2.71. The quantitative estimate of drug-likeness (QED) is 0.703. The van der Waals surface area contributed by atoms with Crippen LogP contribution in [0.4, 0.5) is 4.39 Å². The van der Waals surface area contributed by atoms with Crippen molar-refractivity contribution in [3.63, 3.8) is 0 Å². The molecule has 4 heteroatoms. The van der Waals surface area contributed by atoms with Crippen molar-refractivity contribution in [3.05, 3.63) is 60.7 Å². The molecule has 1 N–H and O–H groups in total. The van der Waals surface area contributed by atoms with Crippen LogP contribution >= 0.6 is 0 Å². The van der Waals surface area contributed by atoms with E-state index >= 15 is 0 Å². The fourth-order valence-electron chi connectivity index (χ4n) is 0.861. The van der Waals surface area contributed by atoms with Gasteiger partial charge in [-0.25, -0.2) is 4.39 Å². The Morgan fingerprint density at radius 2 is 1.60 bits per heavy atom. The van der Waals surface area contributed by atoms with Crippen LogP contribution in [0, 0.1) is 5.82 Å². The van der Waals surface area contributed by atoms with Crippen LogP contribution in [0.25, 0.3) is 0 Å². The Kier molecular flexibility index (Phi) is 5.12. The lowest BCUT2D eigenvalue weighted by Crippen LogP contribution is -2.11. The Morgan fingerprint density at radius 1 is 1.00 bits per heavy atom. The predicted molar refractivity (Wildman–Crippen MR) is 58.2 cm³/mol. The summed E-state index contributed by atoms with van der Waals surface area (Å²) in [6.45, 7) is 0. The van der Waals surface area contributed by atoms with Gasteiger partial charge >= 0.3 is 7.48 Å². The summed E-state index contributed by atoms with van der Waals surface area (Å²) in [5, 5.41) is 8.38. The van der Waals surface area contributed by atoms with E-state index in [0.29, 0.717) is 5.46 Å². The van der Waals surface area contributed by atoms with Gasteiger partial charge in [0.1, 0.15) is 5.82 Å². The summed E-state index contributed by atoms with van der Waals surface area (Å²) >= 11 is 0. The van der Waals surface area contributed by atoms with E-state index < -0.39 is 0 Å². The molecule has 2 nitrogen and oxygen atoms in total. The molecule has 0 atom stereocenters. The molecule has 1 aromatic heterocycles. The highest BCUT2D eigenvalue weighted by Crippen LogP contribution is 1.90. The van der Waals surface area contributed by atoms with Gasteiger partial charge in [0.2, 0.25) is 0 Å². The van der Waals surface area contributed by atoms with Gasteiger partial charge in [0.25, 0.3) is 0 Å². The van der Waals surface area contributed by atoms with Crippen LogP contribution in [0.1, 0.15) is 0 Å². The van der Waals surface area contributed by atoms with Gasteiger partial charge in [-0.15, -0.1) is 0 Å². The molecule has 75 valence electrons. The zero-order valence-corrected chi connectivity index (χ0v) is 8.05. The fourth-order valence-corrected chi connectivity index (χ4v) is 0.861. The van der Waals surface area contributed by atoms with E-state index in [1.54, 1.807) is 12.4 Å². The Hall–Kier alpha value is -1.68. The standard InChI is InChI=1S/C6H5BFO.C5H5N/c8-6-3-1-5(7-9)2-4-6;1-2-4-6-5-3-1/h1-4,9H;1-5H. The minimum Gasteiger partial charge on any atom is -0.450 e. The summed E-state index contributed by atoms with van der Waals surface area (Å²) in [4.78, 5) is 3.78. The maximum Gasteiger partial charge on any atom is 0.326 e. The molecule has 0 aliphatic carbocycles. The SMILES string of the molecule is O[B]c1ccc(F)cc1.c1ccncc1. The molecule has 0 bridgehead atoms. The molecular formula is C11H10BFNO. The lowest BCUT2D eigenvalue weighted by atomic mass is 9.89. The van der Waals surface area contributed by atoms with Crippen LogP contribution in [0.15, 0.2) is 54.9 Å². The second kappa shape index (κ2) is 6.73. The minimum atomic E-state index is -0.291. The van der Waals surface area contributed by atoms with Crippen molar-refractivity contribution in [2.45, 2.75) is 0 Å². The van der Waals surface area contributed by atoms with Gasteiger partial charge in [-0.05, 0) is 24.3 Å². The van der Waals surface area contributed by atoms with E-state index in [1.807, 2.05) is 18.2 Å². The van der Waals surface area contributed by atoms with Gasteiger partial charge < -0.3 is 5.02 Å². The number of halogens is 1. The molecule has 0 aliphatic rings. The van der Waals surface area contributed by atoms with Crippen LogP contribution in [-0.4, -0.2) is 17.5 Å². The first-order chi connectivity index (χ1) is 7.33. The van der Waals surface area contributed by atoms with Crippen LogP contribution in [-0.2, 0) is 0 Å². The number of hydrogen-bond acceptors (Lipinski definition) is 2. The monoisotopic (exact) mass is 202 g/mol. The van der Waals surface area contributed by atoms with Gasteiger partial charge in [-0.2, -0.15) is 0 Å². The summed E-state index contributed by atoms with van der Waals surface area (Å²) in [5.74, 6) is -0.291.